The third-order valence-electron chi connectivity index (χ3n) is 3.31. The predicted molar refractivity (Wildman–Crippen MR) is 92.6 cm³/mol. The lowest BCUT2D eigenvalue weighted by atomic mass is 10.1. The minimum Gasteiger partial charge on any atom is -0.507 e. The van der Waals surface area contributed by atoms with Gasteiger partial charge in [-0.3, -0.25) is 9.59 Å². The van der Waals surface area contributed by atoms with Crippen LogP contribution in [0, 0.1) is 11.3 Å². The quantitative estimate of drug-likeness (QED) is 0.422. The molecule has 7 heteroatoms. The standard InChI is InChI=1S/C18H17N3O4/c1-2-25-17(23)11-20-10-12(9-19)18(24)21-15-7-3-6-14-13(15)5-4-8-16(14)22/h3-8,10,20,22H,2,11H2,1H3,(H,21,24)/b12-10-. The maximum absolute atomic E-state index is 12.3. The fraction of sp³-hybridized carbons (Fsp3) is 0.167. The highest BCUT2D eigenvalue weighted by Gasteiger charge is 2.12. The lowest BCUT2D eigenvalue weighted by Gasteiger charge is -2.09. The van der Waals surface area contributed by atoms with Crippen molar-refractivity contribution in [3.8, 4) is 11.8 Å². The second-order valence-corrected chi connectivity index (χ2v) is 4.99. The zero-order valence-electron chi connectivity index (χ0n) is 13.6. The van der Waals surface area contributed by atoms with Gasteiger partial charge in [-0.1, -0.05) is 24.3 Å². The molecule has 0 spiro atoms. The Bertz CT molecular complexity index is 868. The molecule has 0 heterocycles. The Balaban J connectivity index is 2.14. The molecule has 0 fully saturated rings. The molecule has 0 aliphatic carbocycles. The monoisotopic (exact) mass is 339 g/mol. The summed E-state index contributed by atoms with van der Waals surface area (Å²) in [5, 5.41) is 25.4. The molecule has 0 atom stereocenters. The van der Waals surface area contributed by atoms with E-state index < -0.39 is 11.9 Å². The fourth-order valence-corrected chi connectivity index (χ4v) is 2.19. The maximum Gasteiger partial charge on any atom is 0.325 e. The molecule has 0 aliphatic heterocycles. The van der Waals surface area contributed by atoms with Gasteiger partial charge in [0.15, 0.2) is 0 Å². The summed E-state index contributed by atoms with van der Waals surface area (Å²) in [5.41, 5.74) is 0.270. The van der Waals surface area contributed by atoms with Crippen molar-refractivity contribution in [1.29, 1.82) is 5.26 Å². The van der Waals surface area contributed by atoms with Crippen molar-refractivity contribution in [3.63, 3.8) is 0 Å². The molecule has 2 aromatic rings. The van der Waals surface area contributed by atoms with E-state index >= 15 is 0 Å². The number of phenols is 1. The third-order valence-corrected chi connectivity index (χ3v) is 3.31. The van der Waals surface area contributed by atoms with E-state index in [-0.39, 0.29) is 24.5 Å². The molecule has 2 rings (SSSR count). The van der Waals surface area contributed by atoms with Gasteiger partial charge < -0.3 is 20.5 Å². The molecule has 0 radical (unpaired) electrons. The summed E-state index contributed by atoms with van der Waals surface area (Å²) in [6.07, 6.45) is 1.16. The molecule has 7 nitrogen and oxygen atoms in total. The Labute approximate surface area is 144 Å². The molecule has 3 N–H and O–H groups in total. The van der Waals surface area contributed by atoms with Crippen LogP contribution in [-0.2, 0) is 14.3 Å². The van der Waals surface area contributed by atoms with Gasteiger partial charge in [0.2, 0.25) is 0 Å². The second kappa shape index (κ2) is 8.36. The van der Waals surface area contributed by atoms with Crippen molar-refractivity contribution in [3.05, 3.63) is 48.2 Å². The largest absolute Gasteiger partial charge is 0.507 e. The Morgan fingerprint density at radius 2 is 1.96 bits per heavy atom. The molecule has 0 bridgehead atoms. The van der Waals surface area contributed by atoms with Crippen LogP contribution in [0.5, 0.6) is 5.75 Å². The number of nitrogens with zero attached hydrogens (tertiary/aromatic N) is 1. The minimum absolute atomic E-state index is 0.0979. The van der Waals surface area contributed by atoms with Crippen LogP contribution in [0.15, 0.2) is 48.2 Å². The van der Waals surface area contributed by atoms with Gasteiger partial charge in [0, 0.05) is 22.7 Å². The fourth-order valence-electron chi connectivity index (χ4n) is 2.19. The molecule has 0 saturated heterocycles. The van der Waals surface area contributed by atoms with E-state index in [4.69, 9.17) is 10.00 Å². The Kier molecular flexibility index (Phi) is 5.96. The normalized spacial score (nSPS) is 10.8. The summed E-state index contributed by atoms with van der Waals surface area (Å²) in [4.78, 5) is 23.5. The van der Waals surface area contributed by atoms with E-state index in [9.17, 15) is 14.7 Å². The van der Waals surface area contributed by atoms with Crippen LogP contribution in [0.3, 0.4) is 0 Å². The lowest BCUT2D eigenvalue weighted by molar-refractivity contribution is -0.141. The van der Waals surface area contributed by atoms with Crippen molar-refractivity contribution in [1.82, 2.24) is 5.32 Å². The number of aromatic hydroxyl groups is 1. The Morgan fingerprint density at radius 3 is 2.68 bits per heavy atom. The SMILES string of the molecule is CCOC(=O)CN/C=C(/C#N)C(=O)Nc1cccc2c(O)cccc12. The van der Waals surface area contributed by atoms with E-state index in [1.165, 1.54) is 0 Å². The highest BCUT2D eigenvalue weighted by Crippen LogP contribution is 2.29. The van der Waals surface area contributed by atoms with Crippen molar-refractivity contribution in [2.75, 3.05) is 18.5 Å². The zero-order valence-corrected chi connectivity index (χ0v) is 13.6. The summed E-state index contributed by atoms with van der Waals surface area (Å²) in [6, 6.07) is 11.8. The average Bonchev–Trinajstić information content (AvgIpc) is 2.60. The molecule has 0 unspecified atom stereocenters. The van der Waals surface area contributed by atoms with Gasteiger partial charge in [0.25, 0.3) is 5.91 Å². The van der Waals surface area contributed by atoms with E-state index in [1.807, 2.05) is 0 Å². The number of carbonyl (C=O) groups is 2. The molecule has 2 aromatic carbocycles. The number of ether oxygens (including phenoxy) is 1. The Hall–Kier alpha value is -3.53. The second-order valence-electron chi connectivity index (χ2n) is 4.99. The zero-order chi connectivity index (χ0) is 18.2. The highest BCUT2D eigenvalue weighted by atomic mass is 16.5. The van der Waals surface area contributed by atoms with Crippen LogP contribution in [0.4, 0.5) is 5.69 Å². The summed E-state index contributed by atoms with van der Waals surface area (Å²) in [5.74, 6) is -1.02. The van der Waals surface area contributed by atoms with Gasteiger partial charge in [-0.15, -0.1) is 0 Å². The van der Waals surface area contributed by atoms with E-state index in [0.29, 0.717) is 16.5 Å². The molecule has 0 saturated carbocycles. The highest BCUT2D eigenvalue weighted by molar-refractivity contribution is 6.11. The van der Waals surface area contributed by atoms with Gasteiger partial charge in [-0.05, 0) is 19.1 Å². The van der Waals surface area contributed by atoms with Crippen LogP contribution in [-0.4, -0.2) is 30.1 Å². The minimum atomic E-state index is -0.630. The predicted octanol–water partition coefficient (Wildman–Crippen LogP) is 2.04. The van der Waals surface area contributed by atoms with Crippen molar-refractivity contribution >= 4 is 28.3 Å². The van der Waals surface area contributed by atoms with Gasteiger partial charge in [-0.25, -0.2) is 0 Å². The molecular weight excluding hydrogens is 322 g/mol. The first-order valence-electron chi connectivity index (χ1n) is 7.58. The first kappa shape index (κ1) is 17.8. The van der Waals surface area contributed by atoms with Gasteiger partial charge in [-0.2, -0.15) is 5.26 Å². The number of phenolic OH excluding ortho intramolecular Hbond substituents is 1. The number of fused-ring (bicyclic) bond motifs is 1. The smallest absolute Gasteiger partial charge is 0.325 e. The summed E-state index contributed by atoms with van der Waals surface area (Å²) < 4.78 is 4.74. The van der Waals surface area contributed by atoms with Crippen LogP contribution in [0.25, 0.3) is 10.8 Å². The van der Waals surface area contributed by atoms with E-state index in [0.717, 1.165) is 6.20 Å². The summed E-state index contributed by atoms with van der Waals surface area (Å²) >= 11 is 0. The molecule has 0 aromatic heterocycles. The first-order valence-corrected chi connectivity index (χ1v) is 7.58. The van der Waals surface area contributed by atoms with Crippen molar-refractivity contribution < 1.29 is 19.4 Å². The molecule has 128 valence electrons. The number of amides is 1. The van der Waals surface area contributed by atoms with Crippen molar-refractivity contribution in [2.45, 2.75) is 6.92 Å². The Morgan fingerprint density at radius 1 is 1.24 bits per heavy atom. The van der Waals surface area contributed by atoms with Crippen LogP contribution in [0.2, 0.25) is 0 Å². The van der Waals surface area contributed by atoms with Gasteiger partial charge in [0.1, 0.15) is 23.9 Å². The number of carbonyl (C=O) groups excluding carboxylic acids is 2. The summed E-state index contributed by atoms with van der Waals surface area (Å²) in [6.45, 7) is 1.79. The molecule has 0 aliphatic rings. The molecule has 25 heavy (non-hydrogen) atoms. The number of rotatable bonds is 6. The number of hydrogen-bond donors (Lipinski definition) is 3. The summed E-state index contributed by atoms with van der Waals surface area (Å²) in [7, 11) is 0. The van der Waals surface area contributed by atoms with Crippen LogP contribution in [0.1, 0.15) is 6.92 Å². The van der Waals surface area contributed by atoms with Crippen LogP contribution < -0.4 is 10.6 Å². The third kappa shape index (κ3) is 4.48. The van der Waals surface area contributed by atoms with E-state index in [1.54, 1.807) is 49.4 Å². The average molecular weight is 339 g/mol. The number of anilines is 1. The number of hydrogen-bond acceptors (Lipinski definition) is 6. The first-order chi connectivity index (χ1) is 12.1. The van der Waals surface area contributed by atoms with Crippen LogP contribution >= 0.6 is 0 Å². The van der Waals surface area contributed by atoms with Crippen molar-refractivity contribution in [2.24, 2.45) is 0 Å². The lowest BCUT2D eigenvalue weighted by Crippen LogP contribution is -2.22. The molecule has 1 amide bonds. The van der Waals surface area contributed by atoms with E-state index in [2.05, 4.69) is 10.6 Å². The van der Waals surface area contributed by atoms with Gasteiger partial charge >= 0.3 is 5.97 Å². The molecular formula is C18H17N3O4. The topological polar surface area (TPSA) is 111 Å². The van der Waals surface area contributed by atoms with Gasteiger partial charge in [0.05, 0.1) is 6.61 Å². The number of esters is 1. The number of nitriles is 1. The maximum atomic E-state index is 12.3. The number of nitrogens with one attached hydrogen (secondary N) is 2. The number of benzene rings is 2.